The zero-order chi connectivity index (χ0) is 17.8. The molecule has 2 aromatic rings. The van der Waals surface area contributed by atoms with Crippen LogP contribution in [0.25, 0.3) is 11.1 Å². The Labute approximate surface area is 160 Å². The first-order chi connectivity index (χ1) is 12.8. The summed E-state index contributed by atoms with van der Waals surface area (Å²) in [5.41, 5.74) is 3.95. The molecule has 0 unspecified atom stereocenters. The van der Waals surface area contributed by atoms with Gasteiger partial charge in [0.15, 0.2) is 0 Å². The number of rotatable bonds is 1. The quantitative estimate of drug-likeness (QED) is 0.480. The summed E-state index contributed by atoms with van der Waals surface area (Å²) < 4.78 is 0. The minimum atomic E-state index is -1.28. The van der Waals surface area contributed by atoms with Gasteiger partial charge >= 0.3 is 0 Å². The standard InChI is InChI=1S/C25H34P/c1-26(21-15-9-7-5-3-2-4-6-8-10-16-21)24-19-13-11-17-22(24)23-18-12-14-20-25(23)26/h11-14,17-21H,2-10,15-16H2,1H3. The molecular formula is C25H34P. The number of hydrogen-bond acceptors (Lipinski definition) is 0. The summed E-state index contributed by atoms with van der Waals surface area (Å²) in [7, 11) is -1.28. The van der Waals surface area contributed by atoms with Crippen LogP contribution in [-0.2, 0) is 0 Å². The van der Waals surface area contributed by atoms with E-state index in [1.807, 2.05) is 0 Å². The maximum Gasteiger partial charge on any atom is -0.0101 e. The average molecular weight is 366 g/mol. The van der Waals surface area contributed by atoms with Crippen LogP contribution in [0, 0.1) is 0 Å². The number of benzene rings is 2. The van der Waals surface area contributed by atoms with Crippen LogP contribution in [0.1, 0.15) is 70.6 Å². The van der Waals surface area contributed by atoms with E-state index in [4.69, 9.17) is 0 Å². The Balaban J connectivity index is 1.68. The third-order valence-electron chi connectivity index (χ3n) is 6.90. The van der Waals surface area contributed by atoms with E-state index in [2.05, 4.69) is 55.2 Å². The molecule has 0 atom stereocenters. The molecule has 26 heavy (non-hydrogen) atoms. The molecule has 0 nitrogen and oxygen atoms in total. The predicted molar refractivity (Wildman–Crippen MR) is 119 cm³/mol. The van der Waals surface area contributed by atoms with Crippen molar-refractivity contribution < 1.29 is 0 Å². The van der Waals surface area contributed by atoms with Crippen molar-refractivity contribution in [1.82, 2.24) is 0 Å². The summed E-state index contributed by atoms with van der Waals surface area (Å²) in [5, 5.41) is 3.39. The molecule has 4 rings (SSSR count). The zero-order valence-corrected chi connectivity index (χ0v) is 17.3. The monoisotopic (exact) mass is 365 g/mol. The Morgan fingerprint density at radius 1 is 0.577 bits per heavy atom. The third-order valence-corrected chi connectivity index (χ3v) is 11.7. The Morgan fingerprint density at radius 3 is 1.42 bits per heavy atom. The van der Waals surface area contributed by atoms with Gasteiger partial charge in [-0.05, 0) is 46.9 Å². The molecule has 0 bridgehead atoms. The molecular weight excluding hydrogens is 331 g/mol. The van der Waals surface area contributed by atoms with Crippen molar-refractivity contribution in [2.45, 2.75) is 76.3 Å². The minimum absolute atomic E-state index is 0.881. The molecule has 1 heterocycles. The maximum atomic E-state index is 2.66. The molecule has 0 N–H and O–H groups in total. The van der Waals surface area contributed by atoms with Gasteiger partial charge in [-0.2, -0.15) is 0 Å². The fourth-order valence-corrected chi connectivity index (χ4v) is 10.0. The van der Waals surface area contributed by atoms with Crippen LogP contribution in [0.3, 0.4) is 0 Å². The first kappa shape index (κ1) is 18.2. The highest BCUT2D eigenvalue weighted by Crippen LogP contribution is 2.65. The summed E-state index contributed by atoms with van der Waals surface area (Å²) in [6.07, 6.45) is 15.9. The van der Waals surface area contributed by atoms with Crippen LogP contribution in [0.15, 0.2) is 48.5 Å². The lowest BCUT2D eigenvalue weighted by molar-refractivity contribution is 0.507. The minimum Gasteiger partial charge on any atom is -0.0687 e. The van der Waals surface area contributed by atoms with E-state index in [9.17, 15) is 0 Å². The van der Waals surface area contributed by atoms with Crippen LogP contribution in [0.2, 0.25) is 0 Å². The zero-order valence-electron chi connectivity index (χ0n) is 16.4. The van der Waals surface area contributed by atoms with Crippen molar-refractivity contribution >= 4 is 17.9 Å². The molecule has 0 aromatic heterocycles. The van der Waals surface area contributed by atoms with Crippen LogP contribution in [-0.4, -0.2) is 12.3 Å². The summed E-state index contributed by atoms with van der Waals surface area (Å²) in [5.74, 6) is 0. The van der Waals surface area contributed by atoms with E-state index >= 15 is 0 Å². The summed E-state index contributed by atoms with van der Waals surface area (Å²) in [6.45, 7) is 2.66. The second-order valence-electron chi connectivity index (χ2n) is 8.52. The van der Waals surface area contributed by atoms with Crippen LogP contribution >= 0.6 is 7.26 Å². The highest BCUT2D eigenvalue weighted by atomic mass is 31.2. The van der Waals surface area contributed by atoms with E-state index in [0.29, 0.717) is 0 Å². The molecule has 2 aliphatic rings. The molecule has 0 saturated heterocycles. The Morgan fingerprint density at radius 2 is 0.962 bits per heavy atom. The summed E-state index contributed by atoms with van der Waals surface area (Å²) in [4.78, 5) is 0. The van der Waals surface area contributed by atoms with Gasteiger partial charge in [-0.15, -0.1) is 0 Å². The molecule has 1 saturated carbocycles. The number of fused-ring (bicyclic) bond motifs is 3. The van der Waals surface area contributed by atoms with Crippen LogP contribution < -0.4 is 10.6 Å². The molecule has 0 spiro atoms. The number of hydrogen-bond donors (Lipinski definition) is 0. The van der Waals surface area contributed by atoms with E-state index in [-0.39, 0.29) is 0 Å². The average Bonchev–Trinajstić information content (AvgIpc) is 2.93. The highest BCUT2D eigenvalue weighted by Gasteiger charge is 2.42. The Bertz CT molecular complexity index is 675. The van der Waals surface area contributed by atoms with Gasteiger partial charge in [0.05, 0.1) is 0 Å². The fraction of sp³-hybridized carbons (Fsp3) is 0.520. The highest BCUT2D eigenvalue weighted by molar-refractivity contribution is 7.90. The van der Waals surface area contributed by atoms with Crippen molar-refractivity contribution in [2.75, 3.05) is 6.66 Å². The van der Waals surface area contributed by atoms with Crippen molar-refractivity contribution in [1.29, 1.82) is 0 Å². The first-order valence-corrected chi connectivity index (χ1v) is 13.2. The van der Waals surface area contributed by atoms with Crippen molar-refractivity contribution in [3.8, 4) is 11.1 Å². The summed E-state index contributed by atoms with van der Waals surface area (Å²) in [6, 6.07) is 18.7. The van der Waals surface area contributed by atoms with E-state index in [0.717, 1.165) is 5.66 Å². The van der Waals surface area contributed by atoms with Gasteiger partial charge in [-0.1, -0.05) is 114 Å². The molecule has 1 heteroatoms. The van der Waals surface area contributed by atoms with Gasteiger partial charge in [0.2, 0.25) is 0 Å². The largest absolute Gasteiger partial charge is 0.0687 e. The third kappa shape index (κ3) is 3.38. The lowest BCUT2D eigenvalue weighted by Crippen LogP contribution is -2.27. The molecule has 2 aromatic carbocycles. The summed E-state index contributed by atoms with van der Waals surface area (Å²) >= 11 is 0. The normalized spacial score (nSPS) is 21.3. The molecule has 139 valence electrons. The van der Waals surface area contributed by atoms with Gasteiger partial charge in [0.1, 0.15) is 0 Å². The fourth-order valence-electron chi connectivity index (χ4n) is 5.39. The second-order valence-corrected chi connectivity index (χ2v) is 12.4. The second kappa shape index (κ2) is 8.26. The van der Waals surface area contributed by atoms with E-state index in [1.165, 1.54) is 81.8 Å². The van der Waals surface area contributed by atoms with Crippen molar-refractivity contribution in [3.63, 3.8) is 0 Å². The van der Waals surface area contributed by atoms with Crippen LogP contribution in [0.4, 0.5) is 0 Å². The van der Waals surface area contributed by atoms with Gasteiger partial charge in [0.25, 0.3) is 0 Å². The van der Waals surface area contributed by atoms with Gasteiger partial charge in [-0.3, -0.25) is 0 Å². The van der Waals surface area contributed by atoms with Crippen molar-refractivity contribution in [3.05, 3.63) is 48.5 Å². The topological polar surface area (TPSA) is 0 Å². The lowest BCUT2D eigenvalue weighted by atomic mass is 10.0. The van der Waals surface area contributed by atoms with Gasteiger partial charge in [-0.25, -0.2) is 0 Å². The van der Waals surface area contributed by atoms with Gasteiger partial charge in [0, 0.05) is 0 Å². The van der Waals surface area contributed by atoms with Crippen molar-refractivity contribution in [2.24, 2.45) is 0 Å². The Hall–Kier alpha value is -1.13. The predicted octanol–water partition coefficient (Wildman–Crippen LogP) is 6.94. The Kier molecular flexibility index (Phi) is 5.80. The lowest BCUT2D eigenvalue weighted by Gasteiger charge is -2.39. The molecule has 1 radical (unpaired) electrons. The molecule has 0 amide bonds. The van der Waals surface area contributed by atoms with Crippen LogP contribution in [0.5, 0.6) is 0 Å². The van der Waals surface area contributed by atoms with Gasteiger partial charge < -0.3 is 0 Å². The van der Waals surface area contributed by atoms with E-state index in [1.54, 1.807) is 10.6 Å². The molecule has 1 fully saturated rings. The maximum absolute atomic E-state index is 2.66. The van der Waals surface area contributed by atoms with E-state index < -0.39 is 7.26 Å². The first-order valence-electron chi connectivity index (χ1n) is 10.9. The smallest absolute Gasteiger partial charge is 0.0101 e. The molecule has 1 aliphatic carbocycles. The SMILES string of the molecule is C[P]1(C2CCCCCCCCCCC2)c2ccccc2-c2ccccc21. The molecule has 1 aliphatic heterocycles.